The Morgan fingerprint density at radius 1 is 1.25 bits per heavy atom. The SMILES string of the molecule is CN(C)C/C=C/C(=O)NCc1ccccc1S(=O)(=O)N1CCCC1. The van der Waals surface area contributed by atoms with Crippen LogP contribution in [0.2, 0.25) is 0 Å². The molecule has 0 aromatic heterocycles. The third-order valence-corrected chi connectivity index (χ3v) is 5.85. The first-order valence-electron chi connectivity index (χ1n) is 8.08. The molecule has 1 aromatic carbocycles. The van der Waals surface area contributed by atoms with Crippen LogP contribution < -0.4 is 5.32 Å². The van der Waals surface area contributed by atoms with Gasteiger partial charge in [-0.05, 0) is 38.6 Å². The molecule has 0 saturated carbocycles. The molecule has 0 spiro atoms. The zero-order chi connectivity index (χ0) is 17.6. The Morgan fingerprint density at radius 3 is 2.58 bits per heavy atom. The summed E-state index contributed by atoms with van der Waals surface area (Å²) in [6.07, 6.45) is 5.03. The van der Waals surface area contributed by atoms with Crippen molar-refractivity contribution in [1.29, 1.82) is 0 Å². The number of rotatable bonds is 7. The lowest BCUT2D eigenvalue weighted by atomic mass is 10.2. The number of benzene rings is 1. The van der Waals surface area contributed by atoms with E-state index in [0.29, 0.717) is 25.2 Å². The minimum Gasteiger partial charge on any atom is -0.348 e. The van der Waals surface area contributed by atoms with Gasteiger partial charge in [-0.2, -0.15) is 4.31 Å². The lowest BCUT2D eigenvalue weighted by Gasteiger charge is -2.18. The van der Waals surface area contributed by atoms with Crippen LogP contribution in [0.15, 0.2) is 41.3 Å². The van der Waals surface area contributed by atoms with Gasteiger partial charge in [-0.25, -0.2) is 8.42 Å². The van der Waals surface area contributed by atoms with Crippen molar-refractivity contribution in [3.63, 3.8) is 0 Å². The van der Waals surface area contributed by atoms with E-state index < -0.39 is 10.0 Å². The monoisotopic (exact) mass is 351 g/mol. The summed E-state index contributed by atoms with van der Waals surface area (Å²) >= 11 is 0. The highest BCUT2D eigenvalue weighted by Crippen LogP contribution is 2.23. The number of likely N-dealkylation sites (N-methyl/N-ethyl adjacent to an activating group) is 1. The molecule has 1 fully saturated rings. The standard InChI is InChI=1S/C17H25N3O3S/c1-19(2)11-7-10-17(21)18-14-15-8-3-4-9-16(15)24(22,23)20-12-5-6-13-20/h3-4,7-10H,5-6,11-14H2,1-2H3,(H,18,21)/b10-7+. The Balaban J connectivity index is 2.06. The highest BCUT2D eigenvalue weighted by molar-refractivity contribution is 7.89. The average molecular weight is 351 g/mol. The first-order chi connectivity index (χ1) is 11.4. The van der Waals surface area contributed by atoms with Crippen molar-refractivity contribution in [3.8, 4) is 0 Å². The molecule has 0 atom stereocenters. The predicted molar refractivity (Wildman–Crippen MR) is 94.0 cm³/mol. The van der Waals surface area contributed by atoms with Gasteiger partial charge in [0.1, 0.15) is 0 Å². The molecule has 6 nitrogen and oxygen atoms in total. The van der Waals surface area contributed by atoms with E-state index in [2.05, 4.69) is 5.32 Å². The van der Waals surface area contributed by atoms with E-state index >= 15 is 0 Å². The van der Waals surface area contributed by atoms with E-state index in [1.807, 2.05) is 19.0 Å². The zero-order valence-electron chi connectivity index (χ0n) is 14.2. The molecule has 1 aliphatic heterocycles. The van der Waals surface area contributed by atoms with Crippen molar-refractivity contribution in [2.45, 2.75) is 24.3 Å². The number of carbonyl (C=O) groups is 1. The topological polar surface area (TPSA) is 69.7 Å². The number of amides is 1. The Kier molecular flexibility index (Phi) is 6.53. The van der Waals surface area contributed by atoms with Crippen LogP contribution in [0.25, 0.3) is 0 Å². The van der Waals surface area contributed by atoms with Gasteiger partial charge in [0, 0.05) is 32.3 Å². The van der Waals surface area contributed by atoms with Crippen LogP contribution in [0.5, 0.6) is 0 Å². The number of carbonyl (C=O) groups excluding carboxylic acids is 1. The maximum atomic E-state index is 12.7. The normalized spacial score (nSPS) is 16.1. The summed E-state index contributed by atoms with van der Waals surface area (Å²) in [6.45, 7) is 1.99. The van der Waals surface area contributed by atoms with Crippen molar-refractivity contribution in [1.82, 2.24) is 14.5 Å². The van der Waals surface area contributed by atoms with Crippen molar-refractivity contribution in [2.24, 2.45) is 0 Å². The first kappa shape index (κ1) is 18.6. The molecule has 0 bridgehead atoms. The van der Waals surface area contributed by atoms with E-state index in [1.165, 1.54) is 10.4 Å². The highest BCUT2D eigenvalue weighted by atomic mass is 32.2. The van der Waals surface area contributed by atoms with Crippen LogP contribution in [-0.2, 0) is 21.4 Å². The molecule has 0 aliphatic carbocycles. The molecule has 1 aliphatic rings. The number of nitrogens with one attached hydrogen (secondary N) is 1. The van der Waals surface area contributed by atoms with Gasteiger partial charge in [-0.3, -0.25) is 4.79 Å². The quantitative estimate of drug-likeness (QED) is 0.750. The number of hydrogen-bond donors (Lipinski definition) is 1. The molecule has 2 rings (SSSR count). The van der Waals surface area contributed by atoms with Crippen LogP contribution in [0.3, 0.4) is 0 Å². The van der Waals surface area contributed by atoms with Gasteiger partial charge in [-0.1, -0.05) is 24.3 Å². The van der Waals surface area contributed by atoms with Gasteiger partial charge < -0.3 is 10.2 Å². The van der Waals surface area contributed by atoms with E-state index in [1.54, 1.807) is 30.3 Å². The molecular formula is C17H25N3O3S. The Labute approximate surface area is 144 Å². The van der Waals surface area contributed by atoms with Gasteiger partial charge in [0.25, 0.3) is 0 Å². The first-order valence-corrected chi connectivity index (χ1v) is 9.52. The molecule has 1 aromatic rings. The van der Waals surface area contributed by atoms with Gasteiger partial charge in [0.05, 0.1) is 4.90 Å². The van der Waals surface area contributed by atoms with Gasteiger partial charge in [-0.15, -0.1) is 0 Å². The second-order valence-corrected chi connectivity index (χ2v) is 8.01. The van der Waals surface area contributed by atoms with Crippen molar-refractivity contribution in [3.05, 3.63) is 42.0 Å². The molecule has 1 amide bonds. The molecule has 0 unspecified atom stereocenters. The second kappa shape index (κ2) is 8.41. The third-order valence-electron chi connectivity index (χ3n) is 3.85. The summed E-state index contributed by atoms with van der Waals surface area (Å²) in [4.78, 5) is 14.1. The molecule has 1 heterocycles. The maximum Gasteiger partial charge on any atom is 0.243 e. The molecule has 1 N–H and O–H groups in total. The van der Waals surface area contributed by atoms with Gasteiger partial charge in [0.15, 0.2) is 0 Å². The van der Waals surface area contributed by atoms with Crippen LogP contribution in [0, 0.1) is 0 Å². The van der Waals surface area contributed by atoms with Gasteiger partial charge in [0.2, 0.25) is 15.9 Å². The summed E-state index contributed by atoms with van der Waals surface area (Å²) < 4.78 is 27.0. The fourth-order valence-corrected chi connectivity index (χ4v) is 4.32. The minimum absolute atomic E-state index is 0.189. The van der Waals surface area contributed by atoms with E-state index in [9.17, 15) is 13.2 Å². The van der Waals surface area contributed by atoms with Crippen molar-refractivity contribution >= 4 is 15.9 Å². The smallest absolute Gasteiger partial charge is 0.243 e. The van der Waals surface area contributed by atoms with Crippen LogP contribution >= 0.6 is 0 Å². The lowest BCUT2D eigenvalue weighted by Crippen LogP contribution is -2.30. The molecule has 0 radical (unpaired) electrons. The van der Waals surface area contributed by atoms with E-state index in [4.69, 9.17) is 0 Å². The molecule has 7 heteroatoms. The number of sulfonamides is 1. The lowest BCUT2D eigenvalue weighted by molar-refractivity contribution is -0.116. The van der Waals surface area contributed by atoms with E-state index in [-0.39, 0.29) is 17.3 Å². The molecular weight excluding hydrogens is 326 g/mol. The second-order valence-electron chi connectivity index (χ2n) is 6.10. The van der Waals surface area contributed by atoms with Crippen LogP contribution in [-0.4, -0.2) is 57.3 Å². The van der Waals surface area contributed by atoms with Gasteiger partial charge >= 0.3 is 0 Å². The fourth-order valence-electron chi connectivity index (χ4n) is 2.58. The van der Waals surface area contributed by atoms with E-state index in [0.717, 1.165) is 12.8 Å². The Hall–Kier alpha value is -1.70. The van der Waals surface area contributed by atoms with Crippen LogP contribution in [0.4, 0.5) is 0 Å². The zero-order valence-corrected chi connectivity index (χ0v) is 15.1. The minimum atomic E-state index is -3.49. The number of hydrogen-bond acceptors (Lipinski definition) is 4. The third kappa shape index (κ3) is 4.90. The number of nitrogens with zero attached hydrogens (tertiary/aromatic N) is 2. The largest absolute Gasteiger partial charge is 0.348 e. The summed E-state index contributed by atoms with van der Waals surface area (Å²) in [5, 5.41) is 2.75. The summed E-state index contributed by atoms with van der Waals surface area (Å²) in [5.41, 5.74) is 0.610. The summed E-state index contributed by atoms with van der Waals surface area (Å²) in [5.74, 6) is -0.231. The highest BCUT2D eigenvalue weighted by Gasteiger charge is 2.28. The molecule has 24 heavy (non-hydrogen) atoms. The van der Waals surface area contributed by atoms with Crippen molar-refractivity contribution < 1.29 is 13.2 Å². The average Bonchev–Trinajstić information content (AvgIpc) is 3.08. The summed E-state index contributed by atoms with van der Waals surface area (Å²) in [7, 11) is 0.349. The van der Waals surface area contributed by atoms with Crippen molar-refractivity contribution in [2.75, 3.05) is 33.7 Å². The predicted octanol–water partition coefficient (Wildman–Crippen LogP) is 1.21. The summed E-state index contributed by atoms with van der Waals surface area (Å²) in [6, 6.07) is 6.85. The molecule has 132 valence electrons. The maximum absolute atomic E-state index is 12.7. The van der Waals surface area contributed by atoms with Crippen LogP contribution in [0.1, 0.15) is 18.4 Å². The Bertz CT molecular complexity index is 693. The Morgan fingerprint density at radius 2 is 1.92 bits per heavy atom. The molecule has 1 saturated heterocycles. The fraction of sp³-hybridized carbons (Fsp3) is 0.471.